The average molecular weight is 397 g/mol. The maximum Gasteiger partial charge on any atom is 0.293 e. The molecular weight excluding hydrogens is 378 g/mol. The molecule has 0 saturated heterocycles. The first-order chi connectivity index (χ1) is 11.0. The van der Waals surface area contributed by atoms with Crippen LogP contribution in [0.15, 0.2) is 33.8 Å². The van der Waals surface area contributed by atoms with E-state index in [-0.39, 0.29) is 5.56 Å². The standard InChI is InChI=1S/C17H19BrClN3O/c1-11(2)9-22-8-6-20-16(17(22)23)21-7-5-12-13(10-21)15(19)4-3-14(12)18/h3-4,6,8,11H,5,7,9-10H2,1-2H3. The summed E-state index contributed by atoms with van der Waals surface area (Å²) in [5, 5.41) is 0.742. The van der Waals surface area contributed by atoms with E-state index in [9.17, 15) is 4.79 Å². The molecule has 3 rings (SSSR count). The molecule has 1 aliphatic heterocycles. The lowest BCUT2D eigenvalue weighted by Crippen LogP contribution is -2.37. The number of anilines is 1. The van der Waals surface area contributed by atoms with Gasteiger partial charge >= 0.3 is 0 Å². The van der Waals surface area contributed by atoms with E-state index in [4.69, 9.17) is 11.6 Å². The van der Waals surface area contributed by atoms with Gasteiger partial charge in [0.05, 0.1) is 0 Å². The summed E-state index contributed by atoms with van der Waals surface area (Å²) in [6.07, 6.45) is 4.31. The molecule has 6 heteroatoms. The van der Waals surface area contributed by atoms with Crippen molar-refractivity contribution < 1.29 is 0 Å². The molecule has 0 N–H and O–H groups in total. The van der Waals surface area contributed by atoms with Crippen molar-refractivity contribution in [1.29, 1.82) is 0 Å². The molecule has 4 nitrogen and oxygen atoms in total. The Labute approximate surface area is 149 Å². The monoisotopic (exact) mass is 395 g/mol. The van der Waals surface area contributed by atoms with E-state index in [1.165, 1.54) is 5.56 Å². The van der Waals surface area contributed by atoms with Crippen molar-refractivity contribution in [3.8, 4) is 0 Å². The number of benzene rings is 1. The summed E-state index contributed by atoms with van der Waals surface area (Å²) in [4.78, 5) is 19.0. The van der Waals surface area contributed by atoms with E-state index >= 15 is 0 Å². The molecule has 2 heterocycles. The van der Waals surface area contributed by atoms with E-state index < -0.39 is 0 Å². The van der Waals surface area contributed by atoms with E-state index in [2.05, 4.69) is 34.8 Å². The third kappa shape index (κ3) is 3.31. The summed E-state index contributed by atoms with van der Waals surface area (Å²) in [6.45, 7) is 6.27. The Hall–Kier alpha value is -1.33. The third-order valence-corrected chi connectivity index (χ3v) is 5.15. The van der Waals surface area contributed by atoms with Gasteiger partial charge < -0.3 is 9.47 Å². The van der Waals surface area contributed by atoms with Gasteiger partial charge in [-0.1, -0.05) is 41.4 Å². The van der Waals surface area contributed by atoms with E-state index in [0.29, 0.717) is 24.8 Å². The van der Waals surface area contributed by atoms with Crippen LogP contribution in [-0.4, -0.2) is 16.1 Å². The zero-order chi connectivity index (χ0) is 16.6. The van der Waals surface area contributed by atoms with Crippen LogP contribution in [0.1, 0.15) is 25.0 Å². The number of halogens is 2. The molecule has 23 heavy (non-hydrogen) atoms. The van der Waals surface area contributed by atoms with Crippen LogP contribution in [0.3, 0.4) is 0 Å². The van der Waals surface area contributed by atoms with Crippen LogP contribution in [0.2, 0.25) is 5.02 Å². The number of nitrogens with zero attached hydrogens (tertiary/aromatic N) is 3. The lowest BCUT2D eigenvalue weighted by Gasteiger charge is -2.30. The Morgan fingerprint density at radius 2 is 2.13 bits per heavy atom. The topological polar surface area (TPSA) is 38.1 Å². The molecule has 1 aromatic heterocycles. The van der Waals surface area contributed by atoms with Crippen molar-refractivity contribution in [2.24, 2.45) is 5.92 Å². The summed E-state index contributed by atoms with van der Waals surface area (Å²) in [5.41, 5.74) is 2.27. The number of fused-ring (bicyclic) bond motifs is 1. The molecule has 0 bridgehead atoms. The Bertz CT molecular complexity index is 788. The summed E-state index contributed by atoms with van der Waals surface area (Å²) in [6, 6.07) is 3.87. The first-order valence-electron chi connectivity index (χ1n) is 7.73. The number of aromatic nitrogens is 2. The average Bonchev–Trinajstić information content (AvgIpc) is 2.52. The van der Waals surface area contributed by atoms with Crippen LogP contribution in [0.5, 0.6) is 0 Å². The van der Waals surface area contributed by atoms with Gasteiger partial charge in [-0.25, -0.2) is 4.98 Å². The van der Waals surface area contributed by atoms with Crippen LogP contribution >= 0.6 is 27.5 Å². The molecule has 122 valence electrons. The zero-order valence-electron chi connectivity index (χ0n) is 13.2. The third-order valence-electron chi connectivity index (χ3n) is 4.05. The highest BCUT2D eigenvalue weighted by Crippen LogP contribution is 2.32. The molecule has 1 aromatic carbocycles. The smallest absolute Gasteiger partial charge is 0.293 e. The predicted molar refractivity (Wildman–Crippen MR) is 97.2 cm³/mol. The Morgan fingerprint density at radius 3 is 2.87 bits per heavy atom. The molecule has 0 saturated carbocycles. The van der Waals surface area contributed by atoms with Crippen molar-refractivity contribution >= 4 is 33.3 Å². The van der Waals surface area contributed by atoms with E-state index in [1.807, 2.05) is 17.0 Å². The van der Waals surface area contributed by atoms with E-state index in [0.717, 1.165) is 28.0 Å². The summed E-state index contributed by atoms with van der Waals surface area (Å²) >= 11 is 9.94. The van der Waals surface area contributed by atoms with Gasteiger partial charge in [0.25, 0.3) is 5.56 Å². The SMILES string of the molecule is CC(C)Cn1ccnc(N2CCc3c(Br)ccc(Cl)c3C2)c1=O. The van der Waals surface area contributed by atoms with Crippen molar-refractivity contribution in [1.82, 2.24) is 9.55 Å². The fraction of sp³-hybridized carbons (Fsp3) is 0.412. The fourth-order valence-electron chi connectivity index (χ4n) is 2.96. The first-order valence-corrected chi connectivity index (χ1v) is 8.90. The van der Waals surface area contributed by atoms with Gasteiger partial charge in [0.2, 0.25) is 0 Å². The second-order valence-electron chi connectivity index (χ2n) is 6.26. The van der Waals surface area contributed by atoms with Crippen LogP contribution in [0.4, 0.5) is 5.82 Å². The Morgan fingerprint density at radius 1 is 1.35 bits per heavy atom. The molecule has 0 aliphatic carbocycles. The molecule has 2 aromatic rings. The molecule has 0 spiro atoms. The van der Waals surface area contributed by atoms with E-state index in [1.54, 1.807) is 17.0 Å². The Kier molecular flexibility index (Phi) is 4.78. The minimum Gasteiger partial charge on any atom is -0.347 e. The summed E-state index contributed by atoms with van der Waals surface area (Å²) in [7, 11) is 0. The molecule has 0 radical (unpaired) electrons. The quantitative estimate of drug-likeness (QED) is 0.790. The maximum absolute atomic E-state index is 12.7. The minimum absolute atomic E-state index is 0.0317. The van der Waals surface area contributed by atoms with Crippen LogP contribution < -0.4 is 10.5 Å². The van der Waals surface area contributed by atoms with Gasteiger partial charge in [0.15, 0.2) is 5.82 Å². The summed E-state index contributed by atoms with van der Waals surface area (Å²) in [5.74, 6) is 0.922. The highest BCUT2D eigenvalue weighted by Gasteiger charge is 2.23. The second-order valence-corrected chi connectivity index (χ2v) is 7.52. The van der Waals surface area contributed by atoms with Crippen molar-refractivity contribution in [2.75, 3.05) is 11.4 Å². The van der Waals surface area contributed by atoms with Crippen LogP contribution in [-0.2, 0) is 19.5 Å². The van der Waals surface area contributed by atoms with Crippen LogP contribution in [0, 0.1) is 5.92 Å². The molecule has 0 atom stereocenters. The minimum atomic E-state index is -0.0317. The zero-order valence-corrected chi connectivity index (χ0v) is 15.6. The highest BCUT2D eigenvalue weighted by atomic mass is 79.9. The number of rotatable bonds is 3. The van der Waals surface area contributed by atoms with Gasteiger partial charge in [-0.15, -0.1) is 0 Å². The van der Waals surface area contributed by atoms with Gasteiger partial charge in [-0.2, -0.15) is 0 Å². The number of hydrogen-bond acceptors (Lipinski definition) is 3. The second kappa shape index (κ2) is 6.65. The molecule has 0 amide bonds. The molecule has 0 unspecified atom stereocenters. The van der Waals surface area contributed by atoms with Crippen molar-refractivity contribution in [2.45, 2.75) is 33.4 Å². The van der Waals surface area contributed by atoms with Gasteiger partial charge in [0, 0.05) is 41.5 Å². The highest BCUT2D eigenvalue weighted by molar-refractivity contribution is 9.10. The number of hydrogen-bond donors (Lipinski definition) is 0. The Balaban J connectivity index is 1.96. The van der Waals surface area contributed by atoms with Gasteiger partial charge in [-0.05, 0) is 35.6 Å². The fourth-order valence-corrected chi connectivity index (χ4v) is 3.77. The normalized spacial score (nSPS) is 14.2. The summed E-state index contributed by atoms with van der Waals surface area (Å²) < 4.78 is 2.82. The lowest BCUT2D eigenvalue weighted by atomic mass is 10.00. The predicted octanol–water partition coefficient (Wildman–Crippen LogP) is 3.88. The van der Waals surface area contributed by atoms with Crippen molar-refractivity contribution in [3.63, 3.8) is 0 Å². The van der Waals surface area contributed by atoms with Crippen molar-refractivity contribution in [3.05, 3.63) is 55.5 Å². The van der Waals surface area contributed by atoms with Gasteiger partial charge in [-0.3, -0.25) is 4.79 Å². The van der Waals surface area contributed by atoms with Crippen LogP contribution in [0.25, 0.3) is 0 Å². The van der Waals surface area contributed by atoms with Gasteiger partial charge in [0.1, 0.15) is 0 Å². The lowest BCUT2D eigenvalue weighted by molar-refractivity contribution is 0.507. The maximum atomic E-state index is 12.7. The molecule has 1 aliphatic rings. The largest absolute Gasteiger partial charge is 0.347 e. The molecular formula is C17H19BrClN3O. The first kappa shape index (κ1) is 16.5. The molecule has 0 fully saturated rings.